The number of rotatable bonds is 3. The van der Waals surface area contributed by atoms with Crippen LogP contribution in [-0.4, -0.2) is 6.21 Å². The van der Waals surface area contributed by atoms with Gasteiger partial charge in [0.15, 0.2) is 0 Å². The number of nitrogens with two attached hydrogens (primary N) is 1. The van der Waals surface area contributed by atoms with Crippen LogP contribution in [0.2, 0.25) is 0 Å². The fourth-order valence-electron chi connectivity index (χ4n) is 1.81. The van der Waals surface area contributed by atoms with Crippen LogP contribution in [0.25, 0.3) is 0 Å². The SMILES string of the molecule is CC1CC=CC=C1/C=N/Cc1ccc(N)cc1. The Morgan fingerprint density at radius 3 is 2.82 bits per heavy atom. The van der Waals surface area contributed by atoms with Crippen LogP contribution in [-0.2, 0) is 6.54 Å². The third-order valence-corrected chi connectivity index (χ3v) is 2.98. The number of hydrogen-bond acceptors (Lipinski definition) is 2. The quantitative estimate of drug-likeness (QED) is 0.623. The summed E-state index contributed by atoms with van der Waals surface area (Å²) in [6, 6.07) is 7.86. The molecule has 2 nitrogen and oxygen atoms in total. The highest BCUT2D eigenvalue weighted by Crippen LogP contribution is 2.18. The Hall–Kier alpha value is -1.83. The molecule has 1 aromatic carbocycles. The summed E-state index contributed by atoms with van der Waals surface area (Å²) in [6.07, 6.45) is 9.54. The Balaban J connectivity index is 1.95. The fraction of sp³-hybridized carbons (Fsp3) is 0.267. The van der Waals surface area contributed by atoms with Crippen molar-refractivity contribution >= 4 is 11.9 Å². The maximum absolute atomic E-state index is 5.64. The van der Waals surface area contributed by atoms with Gasteiger partial charge in [0, 0.05) is 11.9 Å². The summed E-state index contributed by atoms with van der Waals surface area (Å²) in [5, 5.41) is 0. The van der Waals surface area contributed by atoms with Crippen LogP contribution >= 0.6 is 0 Å². The van der Waals surface area contributed by atoms with Crippen molar-refractivity contribution in [2.75, 3.05) is 5.73 Å². The molecule has 0 aromatic heterocycles. The maximum atomic E-state index is 5.64. The van der Waals surface area contributed by atoms with Gasteiger partial charge in [0.1, 0.15) is 0 Å². The molecule has 2 rings (SSSR count). The average Bonchev–Trinajstić information content (AvgIpc) is 2.34. The van der Waals surface area contributed by atoms with E-state index in [-0.39, 0.29) is 0 Å². The first-order valence-electron chi connectivity index (χ1n) is 5.96. The lowest BCUT2D eigenvalue weighted by Gasteiger charge is -2.12. The van der Waals surface area contributed by atoms with E-state index in [9.17, 15) is 0 Å². The third-order valence-electron chi connectivity index (χ3n) is 2.98. The zero-order valence-electron chi connectivity index (χ0n) is 10.1. The van der Waals surface area contributed by atoms with Crippen LogP contribution in [0, 0.1) is 5.92 Å². The monoisotopic (exact) mass is 226 g/mol. The molecule has 1 unspecified atom stereocenters. The first-order valence-corrected chi connectivity index (χ1v) is 5.96. The topological polar surface area (TPSA) is 38.4 Å². The van der Waals surface area contributed by atoms with E-state index < -0.39 is 0 Å². The summed E-state index contributed by atoms with van der Waals surface area (Å²) in [7, 11) is 0. The molecule has 1 aliphatic rings. The van der Waals surface area contributed by atoms with E-state index in [4.69, 9.17) is 5.73 Å². The smallest absolute Gasteiger partial charge is 0.0639 e. The zero-order chi connectivity index (χ0) is 12.1. The summed E-state index contributed by atoms with van der Waals surface area (Å²) < 4.78 is 0. The minimum absolute atomic E-state index is 0.579. The van der Waals surface area contributed by atoms with Gasteiger partial charge in [-0.1, -0.05) is 37.3 Å². The predicted molar refractivity (Wildman–Crippen MR) is 74.1 cm³/mol. The second kappa shape index (κ2) is 5.48. The molecule has 0 amide bonds. The van der Waals surface area contributed by atoms with Crippen LogP contribution in [0.5, 0.6) is 0 Å². The molecule has 2 heteroatoms. The van der Waals surface area contributed by atoms with E-state index in [0.29, 0.717) is 12.5 Å². The summed E-state index contributed by atoms with van der Waals surface area (Å²) in [4.78, 5) is 4.48. The van der Waals surface area contributed by atoms with Crippen LogP contribution in [0.4, 0.5) is 5.69 Å². The lowest BCUT2D eigenvalue weighted by atomic mass is 9.94. The molecule has 0 spiro atoms. The Labute approximate surface area is 103 Å². The van der Waals surface area contributed by atoms with Gasteiger partial charge < -0.3 is 5.73 Å². The van der Waals surface area contributed by atoms with E-state index >= 15 is 0 Å². The first kappa shape index (κ1) is 11.6. The van der Waals surface area contributed by atoms with Gasteiger partial charge in [-0.15, -0.1) is 0 Å². The van der Waals surface area contributed by atoms with Crippen LogP contribution in [0.1, 0.15) is 18.9 Å². The standard InChI is InChI=1S/C15H18N2/c1-12-4-2-3-5-14(12)11-17-10-13-6-8-15(16)9-7-13/h2-3,5-9,11-12H,4,10,16H2,1H3/b17-11+. The van der Waals surface area contributed by atoms with E-state index in [1.54, 1.807) is 0 Å². The molecule has 0 aliphatic heterocycles. The Morgan fingerprint density at radius 2 is 2.12 bits per heavy atom. The van der Waals surface area contributed by atoms with Crippen molar-refractivity contribution in [1.82, 2.24) is 0 Å². The fourth-order valence-corrected chi connectivity index (χ4v) is 1.81. The summed E-state index contributed by atoms with van der Waals surface area (Å²) in [5.74, 6) is 0.579. The molecule has 0 radical (unpaired) electrons. The molecule has 88 valence electrons. The van der Waals surface area contributed by atoms with Crippen molar-refractivity contribution < 1.29 is 0 Å². The van der Waals surface area contributed by atoms with Gasteiger partial charge in [-0.2, -0.15) is 0 Å². The Bertz CT molecular complexity index is 452. The molecule has 2 N–H and O–H groups in total. The van der Waals surface area contributed by atoms with Crippen molar-refractivity contribution in [2.24, 2.45) is 10.9 Å². The molecule has 0 fully saturated rings. The van der Waals surface area contributed by atoms with Crippen LogP contribution in [0.15, 0.2) is 53.1 Å². The molecule has 0 heterocycles. The largest absolute Gasteiger partial charge is 0.399 e. The molecule has 0 bridgehead atoms. The molecular formula is C15H18N2. The van der Waals surface area contributed by atoms with Gasteiger partial charge in [0.2, 0.25) is 0 Å². The van der Waals surface area contributed by atoms with Crippen molar-refractivity contribution in [3.63, 3.8) is 0 Å². The summed E-state index contributed by atoms with van der Waals surface area (Å²) >= 11 is 0. The number of benzene rings is 1. The highest BCUT2D eigenvalue weighted by molar-refractivity contribution is 5.80. The number of allylic oxidation sites excluding steroid dienone is 4. The van der Waals surface area contributed by atoms with E-state index in [2.05, 4.69) is 30.1 Å². The van der Waals surface area contributed by atoms with Crippen molar-refractivity contribution in [3.8, 4) is 0 Å². The lowest BCUT2D eigenvalue weighted by molar-refractivity contribution is 0.715. The highest BCUT2D eigenvalue weighted by atomic mass is 14.7. The number of hydrogen-bond donors (Lipinski definition) is 1. The minimum atomic E-state index is 0.579. The van der Waals surface area contributed by atoms with Crippen molar-refractivity contribution in [1.29, 1.82) is 0 Å². The summed E-state index contributed by atoms with van der Waals surface area (Å²) in [5.41, 5.74) is 8.93. The number of aliphatic imine (C=N–C) groups is 1. The third kappa shape index (κ3) is 3.31. The van der Waals surface area contributed by atoms with Gasteiger partial charge in [-0.3, -0.25) is 4.99 Å². The average molecular weight is 226 g/mol. The molecule has 1 atom stereocenters. The van der Waals surface area contributed by atoms with E-state index in [0.717, 1.165) is 12.1 Å². The normalized spacial score (nSPS) is 19.6. The van der Waals surface area contributed by atoms with Gasteiger partial charge in [0.05, 0.1) is 6.54 Å². The molecule has 1 aliphatic carbocycles. The van der Waals surface area contributed by atoms with E-state index in [1.807, 2.05) is 30.5 Å². The maximum Gasteiger partial charge on any atom is 0.0639 e. The molecule has 1 aromatic rings. The zero-order valence-corrected chi connectivity index (χ0v) is 10.1. The highest BCUT2D eigenvalue weighted by Gasteiger charge is 2.06. The number of anilines is 1. The van der Waals surface area contributed by atoms with Gasteiger partial charge >= 0.3 is 0 Å². The van der Waals surface area contributed by atoms with Gasteiger partial charge in [-0.05, 0) is 35.6 Å². The van der Waals surface area contributed by atoms with Crippen LogP contribution < -0.4 is 5.73 Å². The van der Waals surface area contributed by atoms with Crippen molar-refractivity contribution in [2.45, 2.75) is 19.9 Å². The Morgan fingerprint density at radius 1 is 1.35 bits per heavy atom. The second-order valence-corrected chi connectivity index (χ2v) is 4.44. The molecule has 17 heavy (non-hydrogen) atoms. The van der Waals surface area contributed by atoms with Gasteiger partial charge in [0.25, 0.3) is 0 Å². The van der Waals surface area contributed by atoms with E-state index in [1.165, 1.54) is 11.1 Å². The van der Waals surface area contributed by atoms with Crippen molar-refractivity contribution in [3.05, 3.63) is 53.6 Å². The molecule has 0 saturated carbocycles. The molecular weight excluding hydrogens is 208 g/mol. The predicted octanol–water partition coefficient (Wildman–Crippen LogP) is 3.36. The van der Waals surface area contributed by atoms with Crippen LogP contribution in [0.3, 0.4) is 0 Å². The number of nitrogens with zero attached hydrogens (tertiary/aromatic N) is 1. The van der Waals surface area contributed by atoms with Gasteiger partial charge in [-0.25, -0.2) is 0 Å². The minimum Gasteiger partial charge on any atom is -0.399 e. The molecule has 0 saturated heterocycles. The lowest BCUT2D eigenvalue weighted by Crippen LogP contribution is -2.02. The second-order valence-electron chi connectivity index (χ2n) is 4.44. The number of nitrogen functional groups attached to an aromatic ring is 1. The summed E-state index contributed by atoms with van der Waals surface area (Å²) in [6.45, 7) is 2.94. The Kier molecular flexibility index (Phi) is 3.76. The first-order chi connectivity index (χ1) is 8.25.